The maximum atomic E-state index is 5.58. The first-order chi connectivity index (χ1) is 7.08. The lowest BCUT2D eigenvalue weighted by Gasteiger charge is -2.07. The molecule has 0 fully saturated rings. The Morgan fingerprint density at radius 1 is 1.40 bits per heavy atom. The van der Waals surface area contributed by atoms with Crippen molar-refractivity contribution in [3.8, 4) is 5.88 Å². The fourth-order valence-corrected chi connectivity index (χ4v) is 1.30. The van der Waals surface area contributed by atoms with Crippen molar-refractivity contribution in [3.63, 3.8) is 0 Å². The highest BCUT2D eigenvalue weighted by Crippen LogP contribution is 2.11. The minimum Gasteiger partial charge on any atom is -0.478 e. The van der Waals surface area contributed by atoms with E-state index in [-0.39, 0.29) is 0 Å². The van der Waals surface area contributed by atoms with Crippen LogP contribution in [0.1, 0.15) is 32.5 Å². The summed E-state index contributed by atoms with van der Waals surface area (Å²) in [4.78, 5) is 8.11. The molecule has 0 atom stereocenters. The normalized spacial score (nSPS) is 10.7. The summed E-state index contributed by atoms with van der Waals surface area (Å²) in [6.07, 6.45) is 2.21. The van der Waals surface area contributed by atoms with Crippen molar-refractivity contribution in [1.82, 2.24) is 9.97 Å². The second kappa shape index (κ2) is 5.53. The average molecular weight is 209 g/mol. The van der Waals surface area contributed by atoms with Crippen LogP contribution in [0.5, 0.6) is 5.88 Å². The summed E-state index contributed by atoms with van der Waals surface area (Å²) in [5.41, 5.74) is 5.58. The highest BCUT2D eigenvalue weighted by atomic mass is 16.5. The molecule has 0 saturated heterocycles. The van der Waals surface area contributed by atoms with E-state index in [4.69, 9.17) is 10.5 Å². The molecule has 0 bridgehead atoms. The predicted octanol–water partition coefficient (Wildman–Crippen LogP) is 2.18. The number of anilines is 1. The first-order valence-corrected chi connectivity index (χ1v) is 5.32. The van der Waals surface area contributed by atoms with Crippen molar-refractivity contribution in [2.24, 2.45) is 5.92 Å². The number of rotatable bonds is 5. The number of nitrogens with zero attached hydrogens (tertiary/aromatic N) is 2. The van der Waals surface area contributed by atoms with Crippen molar-refractivity contribution in [3.05, 3.63) is 11.9 Å². The zero-order valence-corrected chi connectivity index (χ0v) is 9.66. The number of ether oxygens (including phenoxy) is 1. The van der Waals surface area contributed by atoms with E-state index in [9.17, 15) is 0 Å². The van der Waals surface area contributed by atoms with Gasteiger partial charge in [-0.25, -0.2) is 4.98 Å². The van der Waals surface area contributed by atoms with Gasteiger partial charge in [-0.15, -0.1) is 0 Å². The van der Waals surface area contributed by atoms with Crippen molar-refractivity contribution >= 4 is 5.82 Å². The molecule has 0 radical (unpaired) electrons. The minimum atomic E-state index is 0.460. The Balaban J connectivity index is 2.37. The third-order valence-corrected chi connectivity index (χ3v) is 2.01. The van der Waals surface area contributed by atoms with Crippen LogP contribution in [0.2, 0.25) is 0 Å². The summed E-state index contributed by atoms with van der Waals surface area (Å²) in [5, 5.41) is 0. The summed E-state index contributed by atoms with van der Waals surface area (Å²) >= 11 is 0. The Bertz CT molecular complexity index is 292. The summed E-state index contributed by atoms with van der Waals surface area (Å²) in [7, 11) is 0. The number of nitrogens with two attached hydrogens (primary N) is 1. The molecule has 1 heterocycles. The van der Waals surface area contributed by atoms with Gasteiger partial charge in [0, 0.05) is 6.07 Å². The van der Waals surface area contributed by atoms with Gasteiger partial charge in [0.2, 0.25) is 5.88 Å². The van der Waals surface area contributed by atoms with Crippen molar-refractivity contribution in [1.29, 1.82) is 0 Å². The van der Waals surface area contributed by atoms with E-state index >= 15 is 0 Å². The smallest absolute Gasteiger partial charge is 0.218 e. The summed E-state index contributed by atoms with van der Waals surface area (Å²) in [6, 6.07) is 1.66. The first-order valence-electron chi connectivity index (χ1n) is 5.32. The molecule has 1 rings (SSSR count). The molecule has 4 heteroatoms. The predicted molar refractivity (Wildman–Crippen MR) is 60.7 cm³/mol. The molecule has 0 aromatic carbocycles. The van der Waals surface area contributed by atoms with Crippen LogP contribution < -0.4 is 10.5 Å². The quantitative estimate of drug-likeness (QED) is 0.755. The molecule has 0 saturated carbocycles. The highest BCUT2D eigenvalue weighted by Gasteiger charge is 2.00. The van der Waals surface area contributed by atoms with E-state index in [2.05, 4.69) is 23.8 Å². The van der Waals surface area contributed by atoms with Crippen LogP contribution in [0, 0.1) is 12.8 Å². The van der Waals surface area contributed by atoms with Gasteiger partial charge in [0.05, 0.1) is 6.61 Å². The fourth-order valence-electron chi connectivity index (χ4n) is 1.30. The molecular weight excluding hydrogens is 190 g/mol. The van der Waals surface area contributed by atoms with E-state index in [1.54, 1.807) is 13.0 Å². The van der Waals surface area contributed by atoms with Crippen molar-refractivity contribution < 1.29 is 4.74 Å². The molecule has 15 heavy (non-hydrogen) atoms. The van der Waals surface area contributed by atoms with Gasteiger partial charge in [0.15, 0.2) is 0 Å². The molecule has 4 nitrogen and oxygen atoms in total. The largest absolute Gasteiger partial charge is 0.478 e. The molecule has 0 unspecified atom stereocenters. The number of aryl methyl sites for hydroxylation is 1. The summed E-state index contributed by atoms with van der Waals surface area (Å²) < 4.78 is 5.49. The first kappa shape index (κ1) is 11.8. The molecule has 0 aliphatic heterocycles. The summed E-state index contributed by atoms with van der Waals surface area (Å²) in [6.45, 7) is 6.89. The number of hydrogen-bond acceptors (Lipinski definition) is 4. The Hall–Kier alpha value is -1.32. The van der Waals surface area contributed by atoms with Crippen molar-refractivity contribution in [2.75, 3.05) is 12.3 Å². The van der Waals surface area contributed by atoms with Gasteiger partial charge in [-0.1, -0.05) is 13.8 Å². The minimum absolute atomic E-state index is 0.460. The van der Waals surface area contributed by atoms with E-state index in [1.165, 1.54) is 6.42 Å². The van der Waals surface area contributed by atoms with Gasteiger partial charge in [0.25, 0.3) is 0 Å². The molecule has 1 aromatic rings. The van der Waals surface area contributed by atoms with Crippen LogP contribution in [0.25, 0.3) is 0 Å². The van der Waals surface area contributed by atoms with Gasteiger partial charge in [-0.3, -0.25) is 0 Å². The third-order valence-electron chi connectivity index (χ3n) is 2.01. The topological polar surface area (TPSA) is 61.0 Å². The third kappa shape index (κ3) is 4.63. The zero-order chi connectivity index (χ0) is 11.3. The maximum absolute atomic E-state index is 5.58. The Labute approximate surface area is 90.9 Å². The molecular formula is C11H19N3O. The van der Waals surface area contributed by atoms with E-state index in [1.807, 2.05) is 0 Å². The van der Waals surface area contributed by atoms with Gasteiger partial charge < -0.3 is 10.5 Å². The average Bonchev–Trinajstić information content (AvgIpc) is 2.10. The van der Waals surface area contributed by atoms with Crippen LogP contribution in [-0.2, 0) is 0 Å². The van der Waals surface area contributed by atoms with Crippen LogP contribution in [-0.4, -0.2) is 16.6 Å². The monoisotopic (exact) mass is 209 g/mol. The van der Waals surface area contributed by atoms with Crippen LogP contribution >= 0.6 is 0 Å². The fraction of sp³-hybridized carbons (Fsp3) is 0.636. The summed E-state index contributed by atoms with van der Waals surface area (Å²) in [5.74, 6) is 2.39. The van der Waals surface area contributed by atoms with Crippen molar-refractivity contribution in [2.45, 2.75) is 33.6 Å². The van der Waals surface area contributed by atoms with Gasteiger partial charge in [-0.2, -0.15) is 4.98 Å². The Kier molecular flexibility index (Phi) is 4.34. The van der Waals surface area contributed by atoms with Gasteiger partial charge in [0.1, 0.15) is 11.6 Å². The molecule has 2 N–H and O–H groups in total. The SMILES string of the molecule is Cc1nc(N)cc(OCCCC(C)C)n1. The number of aromatic nitrogens is 2. The van der Waals surface area contributed by atoms with E-state index < -0.39 is 0 Å². The highest BCUT2D eigenvalue weighted by molar-refractivity contribution is 5.32. The molecule has 0 spiro atoms. The van der Waals surface area contributed by atoms with Crippen LogP contribution in [0.15, 0.2) is 6.07 Å². The number of hydrogen-bond donors (Lipinski definition) is 1. The standard InChI is InChI=1S/C11H19N3O/c1-8(2)5-4-6-15-11-7-10(12)13-9(3)14-11/h7-8H,4-6H2,1-3H3,(H2,12,13,14). The maximum Gasteiger partial charge on any atom is 0.218 e. The lowest BCUT2D eigenvalue weighted by atomic mass is 10.1. The molecule has 1 aromatic heterocycles. The lowest BCUT2D eigenvalue weighted by Crippen LogP contribution is -2.03. The lowest BCUT2D eigenvalue weighted by molar-refractivity contribution is 0.286. The molecule has 0 aliphatic rings. The van der Waals surface area contributed by atoms with E-state index in [0.29, 0.717) is 30.0 Å². The Morgan fingerprint density at radius 3 is 2.73 bits per heavy atom. The van der Waals surface area contributed by atoms with E-state index in [0.717, 1.165) is 6.42 Å². The van der Waals surface area contributed by atoms with Gasteiger partial charge in [-0.05, 0) is 25.7 Å². The van der Waals surface area contributed by atoms with Crippen LogP contribution in [0.3, 0.4) is 0 Å². The molecule has 0 amide bonds. The molecule has 0 aliphatic carbocycles. The van der Waals surface area contributed by atoms with Gasteiger partial charge >= 0.3 is 0 Å². The second-order valence-electron chi connectivity index (χ2n) is 4.06. The number of nitrogen functional groups attached to an aromatic ring is 1. The molecule has 84 valence electrons. The van der Waals surface area contributed by atoms with Crippen LogP contribution in [0.4, 0.5) is 5.82 Å². The second-order valence-corrected chi connectivity index (χ2v) is 4.06. The zero-order valence-electron chi connectivity index (χ0n) is 9.66. The Morgan fingerprint density at radius 2 is 2.13 bits per heavy atom.